The Morgan fingerprint density at radius 3 is 2.88 bits per heavy atom. The summed E-state index contributed by atoms with van der Waals surface area (Å²) in [6.45, 7) is 1.33. The van der Waals surface area contributed by atoms with E-state index < -0.39 is 6.04 Å². The van der Waals surface area contributed by atoms with Gasteiger partial charge < -0.3 is 20.7 Å². The summed E-state index contributed by atoms with van der Waals surface area (Å²) in [5, 5.41) is 2.62. The number of ether oxygens (including phenoxy) is 1. The third-order valence-corrected chi connectivity index (χ3v) is 3.01. The zero-order valence-electron chi connectivity index (χ0n) is 10.4. The number of carbonyl (C=O) groups is 2. The fourth-order valence-electron chi connectivity index (χ4n) is 2.08. The summed E-state index contributed by atoms with van der Waals surface area (Å²) in [4.78, 5) is 25.1. The van der Waals surface area contributed by atoms with E-state index >= 15 is 0 Å². The molecule has 2 amide bonds. The van der Waals surface area contributed by atoms with Crippen molar-refractivity contribution in [2.45, 2.75) is 18.9 Å². The molecule has 0 saturated carbocycles. The van der Waals surface area contributed by atoms with Crippen molar-refractivity contribution < 1.29 is 14.3 Å². The molecule has 1 heterocycles. The van der Waals surface area contributed by atoms with Gasteiger partial charge in [-0.1, -0.05) is 0 Å². The summed E-state index contributed by atoms with van der Waals surface area (Å²) in [5.74, 6) is -0.268. The Bertz CT molecular complexity index is 283. The van der Waals surface area contributed by atoms with Crippen molar-refractivity contribution >= 4 is 11.8 Å². The molecule has 1 rings (SSSR count). The maximum absolute atomic E-state index is 11.9. The molecule has 0 aromatic carbocycles. The van der Waals surface area contributed by atoms with E-state index in [4.69, 9.17) is 10.5 Å². The maximum atomic E-state index is 11.9. The zero-order chi connectivity index (χ0) is 12.8. The second-order valence-corrected chi connectivity index (χ2v) is 4.30. The quantitative estimate of drug-likeness (QED) is 0.659. The lowest BCUT2D eigenvalue weighted by Gasteiger charge is -2.33. The number of nitrogens with one attached hydrogen (secondary N) is 1. The van der Waals surface area contributed by atoms with Crippen LogP contribution in [0.1, 0.15) is 12.8 Å². The van der Waals surface area contributed by atoms with E-state index in [1.165, 1.54) is 7.11 Å². The molecule has 0 aliphatic carbocycles. The first-order valence-corrected chi connectivity index (χ1v) is 5.85. The van der Waals surface area contributed by atoms with E-state index in [9.17, 15) is 9.59 Å². The Labute approximate surface area is 101 Å². The minimum absolute atomic E-state index is 0.0113. The van der Waals surface area contributed by atoms with Crippen molar-refractivity contribution in [3.63, 3.8) is 0 Å². The number of rotatable bonds is 4. The van der Waals surface area contributed by atoms with Crippen LogP contribution in [-0.2, 0) is 14.3 Å². The van der Waals surface area contributed by atoms with Gasteiger partial charge in [0.15, 0.2) is 0 Å². The smallest absolute Gasteiger partial charge is 0.241 e. The topological polar surface area (TPSA) is 84.7 Å². The van der Waals surface area contributed by atoms with Crippen LogP contribution in [0.5, 0.6) is 0 Å². The summed E-state index contributed by atoms with van der Waals surface area (Å²) in [6, 6.07) is -0.636. The Balaban J connectivity index is 2.54. The van der Waals surface area contributed by atoms with Gasteiger partial charge in [0.05, 0.1) is 12.5 Å². The van der Waals surface area contributed by atoms with E-state index in [1.54, 1.807) is 11.9 Å². The molecule has 0 aromatic rings. The van der Waals surface area contributed by atoms with Crippen molar-refractivity contribution in [2.24, 2.45) is 11.7 Å². The first kappa shape index (κ1) is 13.9. The van der Waals surface area contributed by atoms with Crippen molar-refractivity contribution in [1.29, 1.82) is 0 Å². The van der Waals surface area contributed by atoms with Gasteiger partial charge in [0.2, 0.25) is 11.8 Å². The number of nitrogens with zero attached hydrogens (tertiary/aromatic N) is 1. The van der Waals surface area contributed by atoms with Crippen molar-refractivity contribution in [3.05, 3.63) is 0 Å². The predicted octanol–water partition coefficient (Wildman–Crippen LogP) is -1.06. The number of nitrogens with two attached hydrogens (primary N) is 1. The maximum Gasteiger partial charge on any atom is 0.241 e. The molecule has 1 aliphatic heterocycles. The van der Waals surface area contributed by atoms with Crippen LogP contribution in [0.15, 0.2) is 0 Å². The Hall–Kier alpha value is -1.14. The van der Waals surface area contributed by atoms with Gasteiger partial charge in [-0.3, -0.25) is 9.59 Å². The summed E-state index contributed by atoms with van der Waals surface area (Å²) < 4.78 is 4.86. The highest BCUT2D eigenvalue weighted by atomic mass is 16.5. The highest BCUT2D eigenvalue weighted by Gasteiger charge is 2.29. The molecule has 3 N–H and O–H groups in total. The van der Waals surface area contributed by atoms with E-state index in [-0.39, 0.29) is 24.3 Å². The number of methoxy groups -OCH3 is 1. The molecule has 0 spiro atoms. The minimum Gasteiger partial charge on any atom is -0.383 e. The number of amides is 2. The molecule has 2 unspecified atom stereocenters. The monoisotopic (exact) mass is 243 g/mol. The fourth-order valence-corrected chi connectivity index (χ4v) is 2.08. The third kappa shape index (κ3) is 3.67. The predicted molar refractivity (Wildman–Crippen MR) is 63.2 cm³/mol. The second-order valence-electron chi connectivity index (χ2n) is 4.30. The summed E-state index contributed by atoms with van der Waals surface area (Å²) in [6.07, 6.45) is 1.66. The lowest BCUT2D eigenvalue weighted by atomic mass is 9.96. The molecule has 0 aromatic heterocycles. The molecule has 1 saturated heterocycles. The standard InChI is InChI=1S/C11H21N3O3/c1-13-10(15)8-4-3-5-14(6-8)11(16)9(12)7-17-2/h8-9H,3-7,12H2,1-2H3,(H,13,15). The van der Waals surface area contributed by atoms with Crippen LogP contribution in [0.4, 0.5) is 0 Å². The van der Waals surface area contributed by atoms with Crippen molar-refractivity contribution in [3.8, 4) is 0 Å². The summed E-state index contributed by atoms with van der Waals surface area (Å²) in [5.41, 5.74) is 5.70. The molecule has 6 nitrogen and oxygen atoms in total. The highest BCUT2D eigenvalue weighted by Crippen LogP contribution is 2.17. The fraction of sp³-hybridized carbons (Fsp3) is 0.818. The molecular formula is C11H21N3O3. The van der Waals surface area contributed by atoms with Crippen LogP contribution in [-0.4, -0.2) is 56.6 Å². The molecule has 17 heavy (non-hydrogen) atoms. The van der Waals surface area contributed by atoms with Crippen LogP contribution in [0.25, 0.3) is 0 Å². The van der Waals surface area contributed by atoms with E-state index in [1.807, 2.05) is 0 Å². The van der Waals surface area contributed by atoms with Gasteiger partial charge in [-0.2, -0.15) is 0 Å². The second kappa shape index (κ2) is 6.56. The number of likely N-dealkylation sites (tertiary alicyclic amines) is 1. The number of hydrogen-bond donors (Lipinski definition) is 2. The van der Waals surface area contributed by atoms with E-state index in [0.29, 0.717) is 13.1 Å². The van der Waals surface area contributed by atoms with Gasteiger partial charge in [-0.05, 0) is 12.8 Å². The van der Waals surface area contributed by atoms with Crippen LogP contribution in [0.2, 0.25) is 0 Å². The molecule has 6 heteroatoms. The lowest BCUT2D eigenvalue weighted by molar-refractivity contribution is -0.137. The van der Waals surface area contributed by atoms with Gasteiger partial charge in [0.1, 0.15) is 6.04 Å². The van der Waals surface area contributed by atoms with Gasteiger partial charge in [0.25, 0.3) is 0 Å². The number of hydrogen-bond acceptors (Lipinski definition) is 4. The lowest BCUT2D eigenvalue weighted by Crippen LogP contribution is -2.51. The van der Waals surface area contributed by atoms with Gasteiger partial charge in [-0.15, -0.1) is 0 Å². The van der Waals surface area contributed by atoms with E-state index in [2.05, 4.69) is 5.32 Å². The van der Waals surface area contributed by atoms with Crippen LogP contribution in [0.3, 0.4) is 0 Å². The van der Waals surface area contributed by atoms with Crippen LogP contribution < -0.4 is 11.1 Å². The number of carbonyl (C=O) groups excluding carboxylic acids is 2. The molecule has 0 bridgehead atoms. The summed E-state index contributed by atoms with van der Waals surface area (Å²) in [7, 11) is 3.12. The zero-order valence-corrected chi connectivity index (χ0v) is 10.4. The Morgan fingerprint density at radius 1 is 1.59 bits per heavy atom. The third-order valence-electron chi connectivity index (χ3n) is 3.01. The SMILES string of the molecule is CNC(=O)C1CCCN(C(=O)C(N)COC)C1. The molecule has 98 valence electrons. The highest BCUT2D eigenvalue weighted by molar-refractivity contribution is 5.84. The molecule has 0 radical (unpaired) electrons. The molecular weight excluding hydrogens is 222 g/mol. The van der Waals surface area contributed by atoms with Crippen LogP contribution in [0, 0.1) is 5.92 Å². The Kier molecular flexibility index (Phi) is 5.37. The number of piperidine rings is 1. The first-order chi connectivity index (χ1) is 8.10. The normalized spacial score (nSPS) is 22.1. The van der Waals surface area contributed by atoms with E-state index in [0.717, 1.165) is 12.8 Å². The van der Waals surface area contributed by atoms with Crippen molar-refractivity contribution in [1.82, 2.24) is 10.2 Å². The average molecular weight is 243 g/mol. The van der Waals surface area contributed by atoms with Gasteiger partial charge in [0, 0.05) is 27.2 Å². The first-order valence-electron chi connectivity index (χ1n) is 5.85. The average Bonchev–Trinajstić information content (AvgIpc) is 2.37. The van der Waals surface area contributed by atoms with Gasteiger partial charge >= 0.3 is 0 Å². The molecule has 2 atom stereocenters. The molecule has 1 aliphatic rings. The van der Waals surface area contributed by atoms with Gasteiger partial charge in [-0.25, -0.2) is 0 Å². The van der Waals surface area contributed by atoms with Crippen molar-refractivity contribution in [2.75, 3.05) is 33.9 Å². The minimum atomic E-state index is -0.636. The van der Waals surface area contributed by atoms with Crippen LogP contribution >= 0.6 is 0 Å². The summed E-state index contributed by atoms with van der Waals surface area (Å²) >= 11 is 0. The molecule has 1 fully saturated rings. The largest absolute Gasteiger partial charge is 0.383 e. The Morgan fingerprint density at radius 2 is 2.29 bits per heavy atom.